The lowest BCUT2D eigenvalue weighted by Crippen LogP contribution is -2.16. The van der Waals surface area contributed by atoms with Crippen LogP contribution in [0.5, 0.6) is 6.01 Å². The van der Waals surface area contributed by atoms with Crippen LogP contribution in [0.4, 0.5) is 10.2 Å². The summed E-state index contributed by atoms with van der Waals surface area (Å²) in [5.41, 5.74) is 0.478. The van der Waals surface area contributed by atoms with E-state index in [0.29, 0.717) is 5.56 Å². The van der Waals surface area contributed by atoms with Crippen molar-refractivity contribution in [3.05, 3.63) is 76.5 Å². The minimum Gasteiger partial charge on any atom is -0.459 e. The van der Waals surface area contributed by atoms with Gasteiger partial charge >= 0.3 is 12.0 Å². The van der Waals surface area contributed by atoms with Crippen molar-refractivity contribution >= 4 is 29.3 Å². The van der Waals surface area contributed by atoms with Crippen LogP contribution in [0.1, 0.15) is 40.3 Å². The largest absolute Gasteiger partial charge is 0.459 e. The third-order valence-electron chi connectivity index (χ3n) is 3.81. The van der Waals surface area contributed by atoms with Gasteiger partial charge in [-0.25, -0.2) is 14.2 Å². The number of carbonyl (C=O) groups excluding carboxylic acids is 2. The van der Waals surface area contributed by atoms with Crippen molar-refractivity contribution in [2.75, 3.05) is 5.32 Å². The predicted octanol–water partition coefficient (Wildman–Crippen LogP) is 4.06. The molecule has 0 atom stereocenters. The lowest BCUT2D eigenvalue weighted by atomic mass is 10.2. The number of anilines is 1. The fourth-order valence-electron chi connectivity index (χ4n) is 2.39. The summed E-state index contributed by atoms with van der Waals surface area (Å²) in [7, 11) is 0. The summed E-state index contributed by atoms with van der Waals surface area (Å²) in [6.45, 7) is 3.34. The number of ether oxygens (including phenoxy) is 2. The maximum atomic E-state index is 13.7. The first-order valence-corrected chi connectivity index (χ1v) is 9.59. The van der Waals surface area contributed by atoms with Crippen molar-refractivity contribution in [1.29, 1.82) is 0 Å². The maximum absolute atomic E-state index is 13.7. The Kier molecular flexibility index (Phi) is 7.09. The molecule has 31 heavy (non-hydrogen) atoms. The molecule has 1 aromatic carbocycles. The molecule has 8 nitrogen and oxygen atoms in total. The van der Waals surface area contributed by atoms with Crippen LogP contribution in [0, 0.1) is 5.82 Å². The van der Waals surface area contributed by atoms with E-state index in [1.54, 1.807) is 32.0 Å². The van der Waals surface area contributed by atoms with E-state index >= 15 is 0 Å². The van der Waals surface area contributed by atoms with Gasteiger partial charge in [0.05, 0.1) is 11.7 Å². The van der Waals surface area contributed by atoms with Crippen LogP contribution >= 0.6 is 11.6 Å². The molecule has 2 heterocycles. The predicted molar refractivity (Wildman–Crippen MR) is 111 cm³/mol. The van der Waals surface area contributed by atoms with Gasteiger partial charge in [-0.3, -0.25) is 4.79 Å². The van der Waals surface area contributed by atoms with E-state index in [1.165, 1.54) is 30.5 Å². The summed E-state index contributed by atoms with van der Waals surface area (Å²) in [5, 5.41) is 2.51. The van der Waals surface area contributed by atoms with Crippen LogP contribution in [0.15, 0.2) is 48.7 Å². The number of benzene rings is 1. The van der Waals surface area contributed by atoms with Crippen molar-refractivity contribution in [1.82, 2.24) is 15.0 Å². The Morgan fingerprint density at radius 2 is 1.94 bits per heavy atom. The van der Waals surface area contributed by atoms with Gasteiger partial charge in [-0.05, 0) is 32.0 Å². The van der Waals surface area contributed by atoms with E-state index in [0.717, 1.165) is 0 Å². The van der Waals surface area contributed by atoms with Crippen LogP contribution in [0.25, 0.3) is 0 Å². The molecule has 160 valence electrons. The molecule has 3 rings (SSSR count). The zero-order valence-electron chi connectivity index (χ0n) is 16.6. The Labute approximate surface area is 182 Å². The number of esters is 1. The first kappa shape index (κ1) is 22.1. The Bertz CT molecular complexity index is 1090. The van der Waals surface area contributed by atoms with E-state index in [-0.39, 0.29) is 40.9 Å². The minimum absolute atomic E-state index is 0.0246. The topological polar surface area (TPSA) is 103 Å². The molecule has 0 unspecified atom stereocenters. The van der Waals surface area contributed by atoms with Crippen LogP contribution in [0.2, 0.25) is 5.15 Å². The molecule has 0 spiro atoms. The van der Waals surface area contributed by atoms with Crippen LogP contribution in [-0.2, 0) is 11.3 Å². The number of nitrogens with zero attached hydrogens (tertiary/aromatic N) is 3. The summed E-state index contributed by atoms with van der Waals surface area (Å²) in [4.78, 5) is 36.3. The van der Waals surface area contributed by atoms with Gasteiger partial charge < -0.3 is 14.8 Å². The van der Waals surface area contributed by atoms with Crippen molar-refractivity contribution in [3.63, 3.8) is 0 Å². The van der Waals surface area contributed by atoms with Gasteiger partial charge in [-0.15, -0.1) is 0 Å². The molecule has 0 saturated carbocycles. The van der Waals surface area contributed by atoms with Gasteiger partial charge in [0, 0.05) is 17.8 Å². The van der Waals surface area contributed by atoms with Crippen LogP contribution < -0.4 is 10.1 Å². The van der Waals surface area contributed by atoms with E-state index in [4.69, 9.17) is 21.1 Å². The molecule has 10 heteroatoms. The number of rotatable bonds is 7. The number of aromatic nitrogens is 3. The zero-order valence-corrected chi connectivity index (χ0v) is 17.4. The highest BCUT2D eigenvalue weighted by Crippen LogP contribution is 2.16. The van der Waals surface area contributed by atoms with Gasteiger partial charge in [-0.1, -0.05) is 29.8 Å². The number of hydrogen-bond acceptors (Lipinski definition) is 7. The van der Waals surface area contributed by atoms with Gasteiger partial charge in [0.25, 0.3) is 5.91 Å². The van der Waals surface area contributed by atoms with Crippen molar-refractivity contribution in [2.24, 2.45) is 0 Å². The maximum Gasteiger partial charge on any atom is 0.339 e. The average Bonchev–Trinajstić information content (AvgIpc) is 2.73. The molecule has 0 radical (unpaired) electrons. The molecule has 1 N–H and O–H groups in total. The number of halogens is 2. The Morgan fingerprint density at radius 1 is 1.16 bits per heavy atom. The second kappa shape index (κ2) is 9.94. The summed E-state index contributed by atoms with van der Waals surface area (Å²) in [6.07, 6.45) is 1.03. The number of amides is 1. The van der Waals surface area contributed by atoms with E-state index in [2.05, 4.69) is 20.3 Å². The van der Waals surface area contributed by atoms with E-state index in [9.17, 15) is 14.0 Å². The molecule has 0 aliphatic carbocycles. The first-order valence-electron chi connectivity index (χ1n) is 9.21. The van der Waals surface area contributed by atoms with Crippen LogP contribution in [0.3, 0.4) is 0 Å². The fourth-order valence-corrected chi connectivity index (χ4v) is 2.56. The number of pyridine rings is 1. The molecule has 1 amide bonds. The minimum atomic E-state index is -0.620. The summed E-state index contributed by atoms with van der Waals surface area (Å²) < 4.78 is 24.2. The molecule has 0 saturated heterocycles. The Hall–Kier alpha value is -3.59. The first-order chi connectivity index (χ1) is 14.8. The van der Waals surface area contributed by atoms with Crippen molar-refractivity contribution in [2.45, 2.75) is 26.6 Å². The highest BCUT2D eigenvalue weighted by Gasteiger charge is 2.15. The Morgan fingerprint density at radius 3 is 2.61 bits per heavy atom. The second-order valence-corrected chi connectivity index (χ2v) is 6.97. The quantitative estimate of drug-likeness (QED) is 0.433. The molecule has 2 aromatic heterocycles. The average molecular weight is 445 g/mol. The van der Waals surface area contributed by atoms with Gasteiger partial charge in [0.15, 0.2) is 0 Å². The molecule has 0 aliphatic rings. The van der Waals surface area contributed by atoms with Gasteiger partial charge in [0.2, 0.25) is 0 Å². The molecule has 0 bridgehead atoms. The standard InChI is InChI=1S/C21H18ClFN4O4/c1-12(2)31-20(29)13-7-8-18(24-10-13)27-19(28)16-9-17(22)26-21(25-16)30-11-14-5-3-4-6-15(14)23/h3-10,12H,11H2,1-2H3,(H,24,27,28). The summed E-state index contributed by atoms with van der Waals surface area (Å²) >= 11 is 5.95. The van der Waals surface area contributed by atoms with Crippen molar-refractivity contribution in [3.8, 4) is 6.01 Å². The molecule has 0 aliphatic heterocycles. The highest BCUT2D eigenvalue weighted by molar-refractivity contribution is 6.29. The summed E-state index contributed by atoms with van der Waals surface area (Å²) in [6, 6.07) is 10.1. The van der Waals surface area contributed by atoms with Crippen molar-refractivity contribution < 1.29 is 23.5 Å². The lowest BCUT2D eigenvalue weighted by Gasteiger charge is -2.09. The lowest BCUT2D eigenvalue weighted by molar-refractivity contribution is 0.0377. The molecule has 3 aromatic rings. The smallest absolute Gasteiger partial charge is 0.339 e. The molecular weight excluding hydrogens is 427 g/mol. The van der Waals surface area contributed by atoms with E-state index < -0.39 is 17.7 Å². The second-order valence-electron chi connectivity index (χ2n) is 6.58. The van der Waals surface area contributed by atoms with Gasteiger partial charge in [0.1, 0.15) is 29.1 Å². The normalized spacial score (nSPS) is 10.6. The monoisotopic (exact) mass is 444 g/mol. The number of hydrogen-bond donors (Lipinski definition) is 1. The third-order valence-corrected chi connectivity index (χ3v) is 4.00. The van der Waals surface area contributed by atoms with E-state index in [1.807, 2.05) is 0 Å². The summed E-state index contributed by atoms with van der Waals surface area (Å²) in [5.74, 6) is -1.38. The zero-order chi connectivity index (χ0) is 22.4. The number of carbonyl (C=O) groups is 2. The number of nitrogens with one attached hydrogen (secondary N) is 1. The molecular formula is C21H18ClFN4O4. The Balaban J connectivity index is 1.67. The van der Waals surface area contributed by atoms with Crippen LogP contribution in [-0.4, -0.2) is 32.9 Å². The SMILES string of the molecule is CC(C)OC(=O)c1ccc(NC(=O)c2cc(Cl)nc(OCc3ccccc3F)n2)nc1. The van der Waals surface area contributed by atoms with Gasteiger partial charge in [-0.2, -0.15) is 9.97 Å². The highest BCUT2D eigenvalue weighted by atomic mass is 35.5. The molecule has 0 fully saturated rings. The fraction of sp³-hybridized carbons (Fsp3) is 0.190. The third kappa shape index (κ3) is 6.19.